The molecule has 1 fully saturated rings. The maximum atomic E-state index is 12.6. The van der Waals surface area contributed by atoms with E-state index in [1.807, 2.05) is 0 Å². The zero-order valence-corrected chi connectivity index (χ0v) is 12.6. The van der Waals surface area contributed by atoms with Crippen molar-refractivity contribution in [1.29, 1.82) is 0 Å². The van der Waals surface area contributed by atoms with Crippen LogP contribution in [-0.2, 0) is 15.8 Å². The van der Waals surface area contributed by atoms with Gasteiger partial charge in [-0.1, -0.05) is 6.07 Å². The third kappa shape index (κ3) is 5.90. The molecule has 1 aliphatic carbocycles. The lowest BCUT2D eigenvalue weighted by molar-refractivity contribution is -0.137. The Morgan fingerprint density at radius 2 is 1.87 bits per heavy atom. The lowest BCUT2D eigenvalue weighted by Crippen LogP contribution is -2.39. The van der Waals surface area contributed by atoms with Crippen molar-refractivity contribution in [3.63, 3.8) is 0 Å². The number of likely N-dealkylation sites (N-methyl/N-ethyl adjacent to an activating group) is 1. The first-order chi connectivity index (χ1) is 10.7. The van der Waals surface area contributed by atoms with E-state index in [0.717, 1.165) is 25.0 Å². The summed E-state index contributed by atoms with van der Waals surface area (Å²) in [6.45, 7) is -0.0269. The van der Waals surface area contributed by atoms with E-state index in [4.69, 9.17) is 0 Å². The number of halogens is 3. The Morgan fingerprint density at radius 3 is 2.48 bits per heavy atom. The van der Waals surface area contributed by atoms with E-state index in [1.165, 1.54) is 17.0 Å². The van der Waals surface area contributed by atoms with Crippen LogP contribution in [0.2, 0.25) is 0 Å². The van der Waals surface area contributed by atoms with E-state index in [1.54, 1.807) is 7.05 Å². The summed E-state index contributed by atoms with van der Waals surface area (Å²) >= 11 is 0. The number of amides is 2. The number of rotatable bonds is 6. The quantitative estimate of drug-likeness (QED) is 0.837. The van der Waals surface area contributed by atoms with Gasteiger partial charge in [0.15, 0.2) is 0 Å². The smallest absolute Gasteiger partial charge is 0.352 e. The molecule has 0 heterocycles. The molecule has 8 heteroatoms. The van der Waals surface area contributed by atoms with Crippen LogP contribution >= 0.6 is 0 Å². The third-order valence-corrected chi connectivity index (χ3v) is 3.24. The molecule has 0 aliphatic heterocycles. The van der Waals surface area contributed by atoms with Gasteiger partial charge in [0.1, 0.15) is 0 Å². The summed E-state index contributed by atoms with van der Waals surface area (Å²) in [7, 11) is 1.60. The first-order valence-corrected chi connectivity index (χ1v) is 7.19. The number of benzene rings is 1. The van der Waals surface area contributed by atoms with Gasteiger partial charge >= 0.3 is 6.18 Å². The van der Waals surface area contributed by atoms with Crippen molar-refractivity contribution in [2.75, 3.05) is 25.5 Å². The highest BCUT2D eigenvalue weighted by atomic mass is 19.4. The van der Waals surface area contributed by atoms with Crippen molar-refractivity contribution in [2.24, 2.45) is 0 Å². The highest BCUT2D eigenvalue weighted by Crippen LogP contribution is 2.30. The second-order valence-corrected chi connectivity index (χ2v) is 5.64. The molecule has 5 nitrogen and oxygen atoms in total. The minimum Gasteiger partial charge on any atom is -0.352 e. The van der Waals surface area contributed by atoms with Crippen LogP contribution in [0.25, 0.3) is 0 Å². The molecule has 2 N–H and O–H groups in total. The Bertz CT molecular complexity index is 586. The summed E-state index contributed by atoms with van der Waals surface area (Å²) in [5.74, 6) is -0.645. The van der Waals surface area contributed by atoms with Gasteiger partial charge in [-0.3, -0.25) is 14.5 Å². The van der Waals surface area contributed by atoms with Gasteiger partial charge < -0.3 is 10.6 Å². The van der Waals surface area contributed by atoms with Gasteiger partial charge in [0.2, 0.25) is 11.8 Å². The fraction of sp³-hybridized carbons (Fsp3) is 0.467. The highest BCUT2D eigenvalue weighted by Gasteiger charge is 2.30. The van der Waals surface area contributed by atoms with Crippen molar-refractivity contribution in [2.45, 2.75) is 25.1 Å². The summed E-state index contributed by atoms with van der Waals surface area (Å²) in [6, 6.07) is 4.66. The molecule has 1 aromatic rings. The number of alkyl halides is 3. The van der Waals surface area contributed by atoms with Crippen LogP contribution in [-0.4, -0.2) is 42.9 Å². The van der Waals surface area contributed by atoms with Crippen molar-refractivity contribution in [3.8, 4) is 0 Å². The topological polar surface area (TPSA) is 61.4 Å². The molecular formula is C15H18F3N3O2. The first-order valence-electron chi connectivity index (χ1n) is 7.19. The average Bonchev–Trinajstić information content (AvgIpc) is 3.21. The van der Waals surface area contributed by atoms with E-state index in [0.29, 0.717) is 0 Å². The van der Waals surface area contributed by atoms with Crippen molar-refractivity contribution >= 4 is 17.5 Å². The predicted octanol–water partition coefficient (Wildman–Crippen LogP) is 1.85. The van der Waals surface area contributed by atoms with E-state index in [2.05, 4.69) is 10.6 Å². The molecule has 126 valence electrons. The Kier molecular flexibility index (Phi) is 5.25. The van der Waals surface area contributed by atoms with Crippen LogP contribution in [0.3, 0.4) is 0 Å². The molecule has 1 saturated carbocycles. The standard InChI is InChI=1S/C15H18F3N3O2/c1-21(8-13(22)19-11-5-6-11)9-14(23)20-12-4-2-3-10(7-12)15(16,17)18/h2-4,7,11H,5-6,8-9H2,1H3,(H,19,22)(H,20,23). The van der Waals surface area contributed by atoms with E-state index < -0.39 is 17.6 Å². The third-order valence-electron chi connectivity index (χ3n) is 3.24. The number of nitrogens with zero attached hydrogens (tertiary/aromatic N) is 1. The molecule has 23 heavy (non-hydrogen) atoms. The maximum absolute atomic E-state index is 12.6. The van der Waals surface area contributed by atoms with Crippen LogP contribution in [0.5, 0.6) is 0 Å². The summed E-state index contributed by atoms with van der Waals surface area (Å²) < 4.78 is 37.8. The largest absolute Gasteiger partial charge is 0.416 e. The van der Waals surface area contributed by atoms with Gasteiger partial charge in [0.25, 0.3) is 0 Å². The van der Waals surface area contributed by atoms with Crippen LogP contribution in [0.1, 0.15) is 18.4 Å². The van der Waals surface area contributed by atoms with Crippen molar-refractivity contribution in [3.05, 3.63) is 29.8 Å². The Morgan fingerprint density at radius 1 is 1.22 bits per heavy atom. The first kappa shape index (κ1) is 17.3. The van der Waals surface area contributed by atoms with E-state index in [9.17, 15) is 22.8 Å². The normalized spacial score (nSPS) is 14.7. The van der Waals surface area contributed by atoms with E-state index in [-0.39, 0.29) is 30.7 Å². The Balaban J connectivity index is 1.82. The summed E-state index contributed by atoms with van der Waals surface area (Å²) in [5, 5.41) is 5.19. The lowest BCUT2D eigenvalue weighted by atomic mass is 10.2. The maximum Gasteiger partial charge on any atom is 0.416 e. The molecule has 0 unspecified atom stereocenters. The van der Waals surface area contributed by atoms with Crippen LogP contribution in [0, 0.1) is 0 Å². The molecule has 0 radical (unpaired) electrons. The van der Waals surface area contributed by atoms with Crippen molar-refractivity contribution < 1.29 is 22.8 Å². The predicted molar refractivity (Wildman–Crippen MR) is 78.7 cm³/mol. The Labute approximate surface area is 131 Å². The summed E-state index contributed by atoms with van der Waals surface area (Å²) in [5.41, 5.74) is -0.756. The molecule has 0 aromatic heterocycles. The number of nitrogens with one attached hydrogen (secondary N) is 2. The zero-order chi connectivity index (χ0) is 17.0. The minimum absolute atomic E-state index is 0.0620. The van der Waals surface area contributed by atoms with Gasteiger partial charge in [-0.05, 0) is 38.1 Å². The monoisotopic (exact) mass is 329 g/mol. The van der Waals surface area contributed by atoms with Crippen molar-refractivity contribution in [1.82, 2.24) is 10.2 Å². The molecule has 2 amide bonds. The van der Waals surface area contributed by atoms with Crippen LogP contribution < -0.4 is 10.6 Å². The average molecular weight is 329 g/mol. The molecule has 1 aliphatic rings. The molecule has 0 atom stereocenters. The number of hydrogen-bond acceptors (Lipinski definition) is 3. The second kappa shape index (κ2) is 6.99. The SMILES string of the molecule is CN(CC(=O)Nc1cccc(C(F)(F)F)c1)CC(=O)NC1CC1. The lowest BCUT2D eigenvalue weighted by Gasteiger charge is -2.16. The van der Waals surface area contributed by atoms with Gasteiger partial charge in [-0.15, -0.1) is 0 Å². The number of carbonyl (C=O) groups is 2. The highest BCUT2D eigenvalue weighted by molar-refractivity contribution is 5.92. The molecular weight excluding hydrogens is 311 g/mol. The van der Waals surface area contributed by atoms with Gasteiger partial charge in [0.05, 0.1) is 18.7 Å². The molecule has 0 spiro atoms. The minimum atomic E-state index is -4.46. The molecule has 2 rings (SSSR count). The fourth-order valence-corrected chi connectivity index (χ4v) is 2.02. The van der Waals surface area contributed by atoms with Gasteiger partial charge in [-0.2, -0.15) is 13.2 Å². The second-order valence-electron chi connectivity index (χ2n) is 5.64. The van der Waals surface area contributed by atoms with Gasteiger partial charge in [0, 0.05) is 11.7 Å². The molecule has 0 bridgehead atoms. The zero-order valence-electron chi connectivity index (χ0n) is 12.6. The van der Waals surface area contributed by atoms with Crippen LogP contribution in [0.4, 0.5) is 18.9 Å². The van der Waals surface area contributed by atoms with Crippen LogP contribution in [0.15, 0.2) is 24.3 Å². The number of hydrogen-bond donors (Lipinski definition) is 2. The van der Waals surface area contributed by atoms with Gasteiger partial charge in [-0.25, -0.2) is 0 Å². The summed E-state index contributed by atoms with van der Waals surface area (Å²) in [4.78, 5) is 24.9. The molecule has 1 aromatic carbocycles. The number of carbonyl (C=O) groups excluding carboxylic acids is 2. The molecule has 0 saturated heterocycles. The summed E-state index contributed by atoms with van der Waals surface area (Å²) in [6.07, 6.45) is -2.50. The van der Waals surface area contributed by atoms with E-state index >= 15 is 0 Å². The fourth-order valence-electron chi connectivity index (χ4n) is 2.02. The Hall–Kier alpha value is -2.09. The number of anilines is 1.